The smallest absolute Gasteiger partial charge is 0.191 e. The number of nitrogens with one attached hydrogen (secondary N) is 2. The predicted octanol–water partition coefficient (Wildman–Crippen LogP) is 3.12. The number of hydrogen-bond acceptors (Lipinski definition) is 4. The first-order chi connectivity index (χ1) is 12.5. The Hall–Kier alpha value is -0.670. The van der Waals surface area contributed by atoms with E-state index in [9.17, 15) is 0 Å². The van der Waals surface area contributed by atoms with Crippen LogP contribution in [0.1, 0.15) is 20.3 Å². The maximum Gasteiger partial charge on any atom is 0.191 e. The maximum atomic E-state index is 4.32. The second-order valence-corrected chi connectivity index (χ2v) is 8.85. The van der Waals surface area contributed by atoms with E-state index in [0.29, 0.717) is 0 Å². The van der Waals surface area contributed by atoms with E-state index < -0.39 is 0 Å². The number of guanidine groups is 1. The molecule has 1 fully saturated rings. The normalized spacial score (nSPS) is 16.0. The van der Waals surface area contributed by atoms with Gasteiger partial charge >= 0.3 is 0 Å². The van der Waals surface area contributed by atoms with Gasteiger partial charge in [-0.25, -0.2) is 0 Å². The van der Waals surface area contributed by atoms with Gasteiger partial charge in [0.1, 0.15) is 0 Å². The van der Waals surface area contributed by atoms with Crippen molar-refractivity contribution in [2.24, 2.45) is 4.99 Å². The van der Waals surface area contributed by atoms with Crippen LogP contribution in [0.5, 0.6) is 0 Å². The molecule has 1 aromatic rings. The first-order valence-corrected chi connectivity index (χ1v) is 10.8. The molecule has 0 spiro atoms. The van der Waals surface area contributed by atoms with Crippen molar-refractivity contribution < 1.29 is 0 Å². The fourth-order valence-corrected chi connectivity index (χ4v) is 3.18. The third-order valence-corrected chi connectivity index (χ3v) is 6.14. The lowest BCUT2D eigenvalue weighted by Gasteiger charge is -2.36. The van der Waals surface area contributed by atoms with Crippen molar-refractivity contribution in [1.29, 1.82) is 0 Å². The van der Waals surface area contributed by atoms with E-state index in [1.54, 1.807) is 0 Å². The van der Waals surface area contributed by atoms with Gasteiger partial charge in [-0.15, -0.1) is 24.0 Å². The second kappa shape index (κ2) is 12.7. The minimum atomic E-state index is 0. The number of nitrogens with zero attached hydrogens (tertiary/aromatic N) is 3. The highest BCUT2D eigenvalue weighted by atomic mass is 127. The van der Waals surface area contributed by atoms with E-state index in [4.69, 9.17) is 0 Å². The van der Waals surface area contributed by atoms with Crippen LogP contribution in [0.25, 0.3) is 0 Å². The zero-order chi connectivity index (χ0) is 18.8. The van der Waals surface area contributed by atoms with Crippen molar-refractivity contribution >= 4 is 47.4 Å². The van der Waals surface area contributed by atoms with Gasteiger partial charge in [0.15, 0.2) is 5.96 Å². The number of aliphatic imine (C=N–C) groups is 1. The quantitative estimate of drug-likeness (QED) is 0.246. The van der Waals surface area contributed by atoms with Crippen LogP contribution in [0.4, 0.5) is 5.69 Å². The zero-order valence-electron chi connectivity index (χ0n) is 17.2. The molecule has 1 saturated heterocycles. The minimum absolute atomic E-state index is 0. The Balaban J connectivity index is 0.00000364. The van der Waals surface area contributed by atoms with Crippen LogP contribution in [0.3, 0.4) is 0 Å². The van der Waals surface area contributed by atoms with Crippen molar-refractivity contribution in [3.8, 4) is 0 Å². The zero-order valence-corrected chi connectivity index (χ0v) is 20.3. The van der Waals surface area contributed by atoms with Gasteiger partial charge < -0.3 is 15.5 Å². The van der Waals surface area contributed by atoms with Crippen molar-refractivity contribution in [3.63, 3.8) is 0 Å². The average Bonchev–Trinajstić information content (AvgIpc) is 2.68. The van der Waals surface area contributed by atoms with Gasteiger partial charge in [0.2, 0.25) is 0 Å². The molecule has 0 aliphatic carbocycles. The average molecular weight is 506 g/mol. The van der Waals surface area contributed by atoms with Crippen molar-refractivity contribution in [2.45, 2.75) is 25.0 Å². The molecule has 2 rings (SSSR count). The standard InChI is InChI=1S/C20H35N5S.HI/c1-20(2,26-4)17-23-19(21-3)22-11-8-12-24-13-15-25(16-14-24)18-9-6-5-7-10-18;/h5-7,9-10H,8,11-17H2,1-4H3,(H2,21,22,23);1H. The molecule has 1 heterocycles. The van der Waals surface area contributed by atoms with Crippen LogP contribution in [0.15, 0.2) is 35.3 Å². The molecule has 2 N–H and O–H groups in total. The molecule has 0 atom stereocenters. The Morgan fingerprint density at radius 3 is 2.37 bits per heavy atom. The number of benzene rings is 1. The maximum absolute atomic E-state index is 4.32. The summed E-state index contributed by atoms with van der Waals surface area (Å²) in [6.07, 6.45) is 3.29. The van der Waals surface area contributed by atoms with Gasteiger partial charge in [-0.3, -0.25) is 9.89 Å². The summed E-state index contributed by atoms with van der Waals surface area (Å²) in [6.45, 7) is 12.0. The lowest BCUT2D eigenvalue weighted by Crippen LogP contribution is -2.47. The number of thioether (sulfide) groups is 1. The number of para-hydroxylation sites is 1. The highest BCUT2D eigenvalue weighted by molar-refractivity contribution is 14.0. The molecule has 7 heteroatoms. The molecule has 0 amide bonds. The van der Waals surface area contributed by atoms with E-state index in [-0.39, 0.29) is 28.7 Å². The van der Waals surface area contributed by atoms with Gasteiger partial charge in [-0.2, -0.15) is 11.8 Å². The molecule has 1 aromatic carbocycles. The summed E-state index contributed by atoms with van der Waals surface area (Å²) in [7, 11) is 1.84. The largest absolute Gasteiger partial charge is 0.369 e. The van der Waals surface area contributed by atoms with E-state index in [1.165, 1.54) is 5.69 Å². The highest BCUT2D eigenvalue weighted by Crippen LogP contribution is 2.19. The molecule has 1 aliphatic heterocycles. The topological polar surface area (TPSA) is 42.9 Å². The number of rotatable bonds is 8. The Morgan fingerprint density at radius 2 is 1.78 bits per heavy atom. The van der Waals surface area contributed by atoms with E-state index in [1.807, 2.05) is 18.8 Å². The van der Waals surface area contributed by atoms with Crippen molar-refractivity contribution in [3.05, 3.63) is 30.3 Å². The molecule has 0 aromatic heterocycles. The summed E-state index contributed by atoms with van der Waals surface area (Å²) in [4.78, 5) is 9.36. The number of halogens is 1. The molecular formula is C20H36IN5S. The Bertz CT molecular complexity index is 545. The Morgan fingerprint density at radius 1 is 1.11 bits per heavy atom. The summed E-state index contributed by atoms with van der Waals surface area (Å²) in [5, 5.41) is 6.85. The fraction of sp³-hybridized carbons (Fsp3) is 0.650. The van der Waals surface area contributed by atoms with Crippen LogP contribution in [0.2, 0.25) is 0 Å². The van der Waals surface area contributed by atoms with Crippen LogP contribution >= 0.6 is 35.7 Å². The summed E-state index contributed by atoms with van der Waals surface area (Å²) < 4.78 is 0.218. The number of piperazine rings is 1. The van der Waals surface area contributed by atoms with E-state index in [0.717, 1.165) is 58.2 Å². The molecular weight excluding hydrogens is 469 g/mol. The highest BCUT2D eigenvalue weighted by Gasteiger charge is 2.17. The van der Waals surface area contributed by atoms with Crippen LogP contribution in [-0.4, -0.2) is 74.7 Å². The number of anilines is 1. The summed E-state index contributed by atoms with van der Waals surface area (Å²) in [5.41, 5.74) is 1.34. The van der Waals surface area contributed by atoms with Gasteiger partial charge in [-0.05, 0) is 45.2 Å². The summed E-state index contributed by atoms with van der Waals surface area (Å²) >= 11 is 1.87. The second-order valence-electron chi connectivity index (χ2n) is 7.33. The summed E-state index contributed by atoms with van der Waals surface area (Å²) in [5.74, 6) is 0.904. The van der Waals surface area contributed by atoms with Crippen LogP contribution < -0.4 is 15.5 Å². The van der Waals surface area contributed by atoms with Gasteiger partial charge in [-0.1, -0.05) is 18.2 Å². The van der Waals surface area contributed by atoms with Gasteiger partial charge in [0.05, 0.1) is 0 Å². The first kappa shape index (κ1) is 24.4. The molecule has 0 saturated carbocycles. The van der Waals surface area contributed by atoms with Crippen molar-refractivity contribution in [2.75, 3.05) is 64.0 Å². The third kappa shape index (κ3) is 8.91. The molecule has 0 bridgehead atoms. The lowest BCUT2D eigenvalue weighted by atomic mass is 10.2. The summed E-state index contributed by atoms with van der Waals surface area (Å²) in [6, 6.07) is 10.7. The molecule has 0 radical (unpaired) electrons. The van der Waals surface area contributed by atoms with E-state index >= 15 is 0 Å². The Labute approximate surface area is 186 Å². The fourth-order valence-electron chi connectivity index (χ4n) is 2.97. The monoisotopic (exact) mass is 505 g/mol. The predicted molar refractivity (Wildman–Crippen MR) is 132 cm³/mol. The minimum Gasteiger partial charge on any atom is -0.369 e. The van der Waals surface area contributed by atoms with Crippen LogP contribution in [-0.2, 0) is 0 Å². The van der Waals surface area contributed by atoms with Gasteiger partial charge in [0.25, 0.3) is 0 Å². The number of hydrogen-bond donors (Lipinski definition) is 2. The Kier molecular flexibility index (Phi) is 11.5. The molecule has 27 heavy (non-hydrogen) atoms. The first-order valence-electron chi connectivity index (χ1n) is 9.56. The van der Waals surface area contributed by atoms with E-state index in [2.05, 4.69) is 75.9 Å². The molecule has 154 valence electrons. The molecule has 5 nitrogen and oxygen atoms in total. The molecule has 0 unspecified atom stereocenters. The SMILES string of the molecule is CN=C(NCCCN1CCN(c2ccccc2)CC1)NCC(C)(C)SC.I. The molecule has 1 aliphatic rings. The van der Waals surface area contributed by atoms with Crippen LogP contribution in [0, 0.1) is 0 Å². The third-order valence-electron chi connectivity index (χ3n) is 4.89. The van der Waals surface area contributed by atoms with Gasteiger partial charge in [0, 0.05) is 56.8 Å². The van der Waals surface area contributed by atoms with Crippen molar-refractivity contribution in [1.82, 2.24) is 15.5 Å². The lowest BCUT2D eigenvalue weighted by molar-refractivity contribution is 0.255.